The van der Waals surface area contributed by atoms with Gasteiger partial charge in [0.05, 0.1) is 5.69 Å². The first-order valence-electron chi connectivity index (χ1n) is 7.56. The number of fused-ring (bicyclic) bond motifs is 2. The number of hydrogen-bond acceptors (Lipinski definition) is 4. The first-order valence-corrected chi connectivity index (χ1v) is 7.56. The maximum absolute atomic E-state index is 4.67. The van der Waals surface area contributed by atoms with E-state index in [1.807, 2.05) is 23.8 Å². The van der Waals surface area contributed by atoms with Gasteiger partial charge < -0.3 is 10.2 Å². The molecule has 5 heteroatoms. The molecule has 4 heterocycles. The summed E-state index contributed by atoms with van der Waals surface area (Å²) in [5.41, 5.74) is 2.18. The molecule has 2 aliphatic rings. The van der Waals surface area contributed by atoms with Crippen LogP contribution in [-0.4, -0.2) is 40.3 Å². The van der Waals surface area contributed by atoms with E-state index in [9.17, 15) is 0 Å². The zero-order chi connectivity index (χ0) is 13.7. The van der Waals surface area contributed by atoms with Gasteiger partial charge in [0.1, 0.15) is 5.52 Å². The van der Waals surface area contributed by atoms with E-state index >= 15 is 0 Å². The summed E-state index contributed by atoms with van der Waals surface area (Å²) < 4.78 is 1.96. The Balaban J connectivity index is 1.79. The first kappa shape index (κ1) is 12.1. The monoisotopic (exact) mass is 271 g/mol. The molecule has 0 bridgehead atoms. The minimum Gasteiger partial charge on any atom is -0.351 e. The Morgan fingerprint density at radius 2 is 2.30 bits per heavy atom. The number of rotatable bonds is 2. The van der Waals surface area contributed by atoms with Gasteiger partial charge in [0.2, 0.25) is 0 Å². The molecule has 20 heavy (non-hydrogen) atoms. The van der Waals surface area contributed by atoms with Crippen molar-refractivity contribution in [2.24, 2.45) is 11.8 Å². The molecular formula is C15H21N5. The van der Waals surface area contributed by atoms with Crippen LogP contribution in [0.15, 0.2) is 18.5 Å². The number of nitrogens with zero attached hydrogens (tertiary/aromatic N) is 4. The third-order valence-electron chi connectivity index (χ3n) is 4.90. The van der Waals surface area contributed by atoms with Gasteiger partial charge in [-0.05, 0) is 31.2 Å². The maximum Gasteiger partial charge on any atom is 0.154 e. The third-order valence-corrected chi connectivity index (χ3v) is 4.90. The summed E-state index contributed by atoms with van der Waals surface area (Å²) in [7, 11) is 0. The van der Waals surface area contributed by atoms with Crippen molar-refractivity contribution in [2.45, 2.75) is 26.3 Å². The Kier molecular flexibility index (Phi) is 2.70. The lowest BCUT2D eigenvalue weighted by Crippen LogP contribution is -2.35. The van der Waals surface area contributed by atoms with Gasteiger partial charge in [0, 0.05) is 38.1 Å². The highest BCUT2D eigenvalue weighted by atomic mass is 15.3. The molecular weight excluding hydrogens is 250 g/mol. The lowest BCUT2D eigenvalue weighted by Gasteiger charge is -2.28. The number of hydrogen-bond donors (Lipinski definition) is 1. The molecule has 3 unspecified atom stereocenters. The lowest BCUT2D eigenvalue weighted by atomic mass is 9.93. The average molecular weight is 271 g/mol. The van der Waals surface area contributed by atoms with Crippen molar-refractivity contribution in [1.82, 2.24) is 19.9 Å². The first-order chi connectivity index (χ1) is 9.78. The van der Waals surface area contributed by atoms with E-state index in [4.69, 9.17) is 0 Å². The van der Waals surface area contributed by atoms with Gasteiger partial charge in [0.25, 0.3) is 0 Å². The summed E-state index contributed by atoms with van der Waals surface area (Å²) in [6.45, 7) is 7.75. The molecule has 0 saturated carbocycles. The molecule has 2 aromatic rings. The van der Waals surface area contributed by atoms with Crippen LogP contribution in [0.1, 0.15) is 19.0 Å². The molecule has 0 radical (unpaired) electrons. The van der Waals surface area contributed by atoms with Crippen LogP contribution < -0.4 is 10.2 Å². The van der Waals surface area contributed by atoms with Gasteiger partial charge in [-0.15, -0.1) is 0 Å². The molecule has 0 amide bonds. The average Bonchev–Trinajstić information content (AvgIpc) is 3.09. The smallest absolute Gasteiger partial charge is 0.154 e. The van der Waals surface area contributed by atoms with Gasteiger partial charge in [-0.25, -0.2) is 9.50 Å². The highest BCUT2D eigenvalue weighted by molar-refractivity contribution is 5.70. The Labute approximate surface area is 119 Å². The fraction of sp³-hybridized carbons (Fsp3) is 0.600. The van der Waals surface area contributed by atoms with E-state index in [0.29, 0.717) is 6.04 Å². The molecule has 2 aliphatic heterocycles. The van der Waals surface area contributed by atoms with E-state index in [-0.39, 0.29) is 0 Å². The molecule has 2 aromatic heterocycles. The maximum atomic E-state index is 4.67. The minimum absolute atomic E-state index is 0.601. The molecule has 1 N–H and O–H groups in total. The van der Waals surface area contributed by atoms with Gasteiger partial charge in [-0.1, -0.05) is 6.92 Å². The Hall–Kier alpha value is -1.62. The van der Waals surface area contributed by atoms with Crippen LogP contribution in [0.2, 0.25) is 0 Å². The summed E-state index contributed by atoms with van der Waals surface area (Å²) >= 11 is 0. The van der Waals surface area contributed by atoms with Crippen molar-refractivity contribution in [3.8, 4) is 0 Å². The van der Waals surface area contributed by atoms with Crippen molar-refractivity contribution in [2.75, 3.05) is 24.5 Å². The molecule has 3 atom stereocenters. The topological polar surface area (TPSA) is 45.5 Å². The quantitative estimate of drug-likeness (QED) is 0.898. The Morgan fingerprint density at radius 3 is 3.15 bits per heavy atom. The zero-order valence-corrected chi connectivity index (χ0v) is 12.1. The van der Waals surface area contributed by atoms with Crippen molar-refractivity contribution >= 4 is 11.3 Å². The van der Waals surface area contributed by atoms with Crippen LogP contribution in [0.25, 0.3) is 5.52 Å². The largest absolute Gasteiger partial charge is 0.351 e. The summed E-state index contributed by atoms with van der Waals surface area (Å²) in [4.78, 5) is 7.19. The summed E-state index contributed by atoms with van der Waals surface area (Å²) in [6.07, 6.45) is 4.98. The van der Waals surface area contributed by atoms with E-state index in [1.165, 1.54) is 6.42 Å². The third kappa shape index (κ3) is 1.66. The number of anilines is 1. The molecule has 5 nitrogen and oxygen atoms in total. The van der Waals surface area contributed by atoms with Crippen LogP contribution in [0.4, 0.5) is 5.82 Å². The van der Waals surface area contributed by atoms with Crippen LogP contribution >= 0.6 is 0 Å². The second-order valence-corrected chi connectivity index (χ2v) is 6.08. The Morgan fingerprint density at radius 1 is 1.40 bits per heavy atom. The molecule has 2 fully saturated rings. The highest BCUT2D eigenvalue weighted by Crippen LogP contribution is 2.38. The highest BCUT2D eigenvalue weighted by Gasteiger charge is 2.44. The predicted molar refractivity (Wildman–Crippen MR) is 79.0 cm³/mol. The fourth-order valence-electron chi connectivity index (χ4n) is 4.04. The van der Waals surface area contributed by atoms with Crippen LogP contribution in [0.5, 0.6) is 0 Å². The lowest BCUT2D eigenvalue weighted by molar-refractivity contribution is 0.441. The second-order valence-electron chi connectivity index (χ2n) is 6.08. The Bertz CT molecular complexity index is 634. The zero-order valence-electron chi connectivity index (χ0n) is 12.1. The van der Waals surface area contributed by atoms with E-state index in [1.54, 1.807) is 0 Å². The van der Waals surface area contributed by atoms with E-state index in [0.717, 1.165) is 48.5 Å². The molecule has 0 aromatic carbocycles. The van der Waals surface area contributed by atoms with Crippen LogP contribution in [-0.2, 0) is 0 Å². The second kappa shape index (κ2) is 4.45. The summed E-state index contributed by atoms with van der Waals surface area (Å²) in [5, 5.41) is 8.04. The van der Waals surface area contributed by atoms with Crippen LogP contribution in [0, 0.1) is 18.8 Å². The van der Waals surface area contributed by atoms with E-state index < -0.39 is 0 Å². The predicted octanol–water partition coefficient (Wildman–Crippen LogP) is 1.47. The van der Waals surface area contributed by atoms with Gasteiger partial charge >= 0.3 is 0 Å². The van der Waals surface area contributed by atoms with Gasteiger partial charge in [0.15, 0.2) is 5.82 Å². The van der Waals surface area contributed by atoms with Crippen molar-refractivity contribution in [3.63, 3.8) is 0 Å². The van der Waals surface area contributed by atoms with E-state index in [2.05, 4.69) is 33.3 Å². The number of nitrogens with one attached hydrogen (secondary N) is 1. The summed E-state index contributed by atoms with van der Waals surface area (Å²) in [5.74, 6) is 2.64. The fourth-order valence-corrected chi connectivity index (χ4v) is 4.04. The SMILES string of the molecule is CCC1C2CNCC2CN1c1nccn2nc(C)cc12. The van der Waals surface area contributed by atoms with Crippen molar-refractivity contribution < 1.29 is 0 Å². The molecule has 106 valence electrons. The standard InChI is InChI=1S/C15H21N5/c1-3-13-12-8-16-7-11(12)9-19(13)15-14-6-10(2)18-20(14)5-4-17-15/h4-6,11-13,16H,3,7-9H2,1-2H3. The molecule has 2 saturated heterocycles. The number of aromatic nitrogens is 3. The molecule has 0 spiro atoms. The summed E-state index contributed by atoms with van der Waals surface area (Å²) in [6, 6.07) is 2.74. The minimum atomic E-state index is 0.601. The van der Waals surface area contributed by atoms with Gasteiger partial charge in [-0.3, -0.25) is 0 Å². The van der Waals surface area contributed by atoms with Crippen molar-refractivity contribution in [1.29, 1.82) is 0 Å². The number of aryl methyl sites for hydroxylation is 1. The van der Waals surface area contributed by atoms with Crippen molar-refractivity contribution in [3.05, 3.63) is 24.2 Å². The van der Waals surface area contributed by atoms with Crippen LogP contribution in [0.3, 0.4) is 0 Å². The van der Waals surface area contributed by atoms with Gasteiger partial charge in [-0.2, -0.15) is 5.10 Å². The molecule has 4 rings (SSSR count). The molecule has 0 aliphatic carbocycles. The normalized spacial score (nSPS) is 29.3.